The van der Waals surface area contributed by atoms with Gasteiger partial charge in [0.15, 0.2) is 0 Å². The van der Waals surface area contributed by atoms with Gasteiger partial charge in [-0.25, -0.2) is 4.98 Å². The van der Waals surface area contributed by atoms with Crippen molar-refractivity contribution in [2.24, 2.45) is 0 Å². The number of benzene rings is 1. The van der Waals surface area contributed by atoms with Crippen LogP contribution in [0.15, 0.2) is 29.6 Å². The molecule has 1 aromatic carbocycles. The number of alkyl halides is 3. The van der Waals surface area contributed by atoms with Crippen LogP contribution >= 0.6 is 11.3 Å². The van der Waals surface area contributed by atoms with Crippen LogP contribution < -0.4 is 0 Å². The molecule has 1 saturated heterocycles. The molecule has 2 aromatic rings. The van der Waals surface area contributed by atoms with Gasteiger partial charge in [0.2, 0.25) is 5.91 Å². The van der Waals surface area contributed by atoms with Crippen LogP contribution in [0.1, 0.15) is 25.1 Å². The van der Waals surface area contributed by atoms with E-state index in [9.17, 15) is 18.0 Å². The number of rotatable bonds is 3. The van der Waals surface area contributed by atoms with E-state index in [1.165, 1.54) is 23.5 Å². The summed E-state index contributed by atoms with van der Waals surface area (Å²) >= 11 is 1.32. The minimum atomic E-state index is -4.36. The average Bonchev–Trinajstić information content (AvgIpc) is 3.02. The zero-order valence-electron chi connectivity index (χ0n) is 14.5. The van der Waals surface area contributed by atoms with E-state index >= 15 is 0 Å². The van der Waals surface area contributed by atoms with E-state index in [4.69, 9.17) is 4.74 Å². The van der Waals surface area contributed by atoms with Gasteiger partial charge in [-0.1, -0.05) is 12.1 Å². The molecule has 140 valence electrons. The van der Waals surface area contributed by atoms with Crippen molar-refractivity contribution >= 4 is 17.2 Å². The van der Waals surface area contributed by atoms with E-state index < -0.39 is 11.7 Å². The van der Waals surface area contributed by atoms with Crippen LogP contribution in [0.3, 0.4) is 0 Å². The van der Waals surface area contributed by atoms with Crippen molar-refractivity contribution < 1.29 is 22.7 Å². The fraction of sp³-hybridized carbons (Fsp3) is 0.444. The molecule has 0 spiro atoms. The molecular formula is C18H19F3N2O2S. The summed E-state index contributed by atoms with van der Waals surface area (Å²) in [7, 11) is 0. The molecule has 0 N–H and O–H groups in total. The molecule has 0 unspecified atom stereocenters. The van der Waals surface area contributed by atoms with E-state index in [0.29, 0.717) is 36.0 Å². The quantitative estimate of drug-likeness (QED) is 0.803. The second-order valence-electron chi connectivity index (χ2n) is 6.81. The average molecular weight is 384 g/mol. The van der Waals surface area contributed by atoms with Gasteiger partial charge in [-0.05, 0) is 26.0 Å². The predicted molar refractivity (Wildman–Crippen MR) is 92.9 cm³/mol. The summed E-state index contributed by atoms with van der Waals surface area (Å²) in [5.74, 6) is -0.0254. The fourth-order valence-corrected chi connectivity index (χ4v) is 3.72. The lowest BCUT2D eigenvalue weighted by atomic mass is 10.0. The number of carbonyl (C=O) groups excluding carboxylic acids is 1. The number of halogens is 3. The molecule has 0 aliphatic carbocycles. The van der Waals surface area contributed by atoms with Crippen molar-refractivity contribution in [3.8, 4) is 10.6 Å². The Morgan fingerprint density at radius 2 is 2.00 bits per heavy atom. The number of ether oxygens (including phenoxy) is 1. The lowest BCUT2D eigenvalue weighted by Gasteiger charge is -2.42. The van der Waals surface area contributed by atoms with Gasteiger partial charge >= 0.3 is 6.18 Å². The van der Waals surface area contributed by atoms with Crippen LogP contribution in [-0.2, 0) is 22.1 Å². The summed E-state index contributed by atoms with van der Waals surface area (Å²) in [5.41, 5.74) is 0.176. The number of morpholine rings is 1. The van der Waals surface area contributed by atoms with Gasteiger partial charge in [-0.3, -0.25) is 4.79 Å². The third kappa shape index (κ3) is 4.07. The minimum absolute atomic E-state index is 0.0254. The fourth-order valence-electron chi connectivity index (χ4n) is 2.89. The van der Waals surface area contributed by atoms with Gasteiger partial charge in [-0.15, -0.1) is 11.3 Å². The number of nitrogens with zero attached hydrogens (tertiary/aromatic N) is 2. The molecule has 3 rings (SSSR count). The lowest BCUT2D eigenvalue weighted by Crippen LogP contribution is -2.55. The maximum atomic E-state index is 12.6. The van der Waals surface area contributed by atoms with E-state index in [0.717, 1.165) is 12.1 Å². The number of hydrogen-bond donors (Lipinski definition) is 0. The van der Waals surface area contributed by atoms with Gasteiger partial charge < -0.3 is 9.64 Å². The van der Waals surface area contributed by atoms with Crippen molar-refractivity contribution in [3.05, 3.63) is 40.9 Å². The minimum Gasteiger partial charge on any atom is -0.377 e. The molecule has 1 aliphatic heterocycles. The summed E-state index contributed by atoms with van der Waals surface area (Å²) in [6, 6.07) is 4.88. The predicted octanol–water partition coefficient (Wildman–Crippen LogP) is 4.01. The third-order valence-corrected chi connectivity index (χ3v) is 5.23. The van der Waals surface area contributed by atoms with Crippen LogP contribution in [0.25, 0.3) is 10.6 Å². The van der Waals surface area contributed by atoms with Gasteiger partial charge in [0, 0.05) is 17.5 Å². The highest BCUT2D eigenvalue weighted by atomic mass is 32.1. The topological polar surface area (TPSA) is 42.4 Å². The Bertz CT molecular complexity index is 784. The number of hydrogen-bond acceptors (Lipinski definition) is 4. The standard InChI is InChI=1S/C18H19F3N2O2S/c1-17(2)11-25-8-7-23(17)15(24)9-14-10-26-16(22-14)12-3-5-13(6-4-12)18(19,20)21/h3-6,10H,7-9,11H2,1-2H3. The van der Waals surface area contributed by atoms with Gasteiger partial charge in [0.25, 0.3) is 0 Å². The highest BCUT2D eigenvalue weighted by Crippen LogP contribution is 2.32. The Hall–Kier alpha value is -1.93. The van der Waals surface area contributed by atoms with Gasteiger partial charge in [0.1, 0.15) is 5.01 Å². The molecule has 1 aliphatic rings. The van der Waals surface area contributed by atoms with Crippen molar-refractivity contribution in [1.29, 1.82) is 0 Å². The zero-order valence-corrected chi connectivity index (χ0v) is 15.3. The van der Waals surface area contributed by atoms with Crippen LogP contribution in [0, 0.1) is 0 Å². The normalized spacial score (nSPS) is 17.3. The maximum Gasteiger partial charge on any atom is 0.416 e. The molecular weight excluding hydrogens is 365 g/mol. The molecule has 1 amide bonds. The van der Waals surface area contributed by atoms with Crippen LogP contribution in [0.4, 0.5) is 13.2 Å². The van der Waals surface area contributed by atoms with E-state index in [1.807, 2.05) is 13.8 Å². The second-order valence-corrected chi connectivity index (χ2v) is 7.66. The molecule has 0 saturated carbocycles. The van der Waals surface area contributed by atoms with Crippen LogP contribution in [0.5, 0.6) is 0 Å². The summed E-state index contributed by atoms with van der Waals surface area (Å²) < 4.78 is 43.4. The van der Waals surface area contributed by atoms with Crippen molar-refractivity contribution in [2.75, 3.05) is 19.8 Å². The first kappa shape index (κ1) is 18.8. The number of thiazole rings is 1. The second kappa shape index (κ2) is 7.00. The molecule has 26 heavy (non-hydrogen) atoms. The molecule has 8 heteroatoms. The third-order valence-electron chi connectivity index (χ3n) is 4.29. The Labute approximate surface area is 153 Å². The molecule has 0 radical (unpaired) electrons. The zero-order chi connectivity index (χ0) is 18.9. The lowest BCUT2D eigenvalue weighted by molar-refractivity contribution is -0.145. The van der Waals surface area contributed by atoms with Crippen molar-refractivity contribution in [1.82, 2.24) is 9.88 Å². The Morgan fingerprint density at radius 3 is 2.62 bits per heavy atom. The van der Waals surface area contributed by atoms with E-state index in [1.54, 1.807) is 10.3 Å². The van der Waals surface area contributed by atoms with E-state index in [-0.39, 0.29) is 17.9 Å². The van der Waals surface area contributed by atoms with Crippen molar-refractivity contribution in [3.63, 3.8) is 0 Å². The summed E-state index contributed by atoms with van der Waals surface area (Å²) in [6.07, 6.45) is -4.19. The van der Waals surface area contributed by atoms with Crippen LogP contribution in [0.2, 0.25) is 0 Å². The van der Waals surface area contributed by atoms with E-state index in [2.05, 4.69) is 4.98 Å². The molecule has 1 aromatic heterocycles. The monoisotopic (exact) mass is 384 g/mol. The smallest absolute Gasteiger partial charge is 0.377 e. The first-order valence-electron chi connectivity index (χ1n) is 8.17. The number of amides is 1. The Kier molecular flexibility index (Phi) is 5.07. The SMILES string of the molecule is CC1(C)COCCN1C(=O)Cc1csc(-c2ccc(C(F)(F)F)cc2)n1. The molecule has 1 fully saturated rings. The molecule has 0 atom stereocenters. The van der Waals surface area contributed by atoms with Gasteiger partial charge in [-0.2, -0.15) is 13.2 Å². The Morgan fingerprint density at radius 1 is 1.31 bits per heavy atom. The summed E-state index contributed by atoms with van der Waals surface area (Å²) in [5, 5.41) is 2.38. The molecule has 2 heterocycles. The highest BCUT2D eigenvalue weighted by Gasteiger charge is 2.34. The molecule has 0 bridgehead atoms. The van der Waals surface area contributed by atoms with Gasteiger partial charge in [0.05, 0.1) is 36.4 Å². The Balaban J connectivity index is 1.71. The summed E-state index contributed by atoms with van der Waals surface area (Å²) in [6.45, 7) is 5.47. The number of aromatic nitrogens is 1. The first-order chi connectivity index (χ1) is 12.2. The number of carbonyl (C=O) groups is 1. The van der Waals surface area contributed by atoms with Crippen LogP contribution in [-0.4, -0.2) is 41.1 Å². The summed E-state index contributed by atoms with van der Waals surface area (Å²) in [4.78, 5) is 18.8. The maximum absolute atomic E-state index is 12.6. The molecule has 4 nitrogen and oxygen atoms in total. The highest BCUT2D eigenvalue weighted by molar-refractivity contribution is 7.13. The van der Waals surface area contributed by atoms with Crippen molar-refractivity contribution in [2.45, 2.75) is 32.0 Å². The first-order valence-corrected chi connectivity index (χ1v) is 9.05. The largest absolute Gasteiger partial charge is 0.416 e.